The summed E-state index contributed by atoms with van der Waals surface area (Å²) < 4.78 is 0. The van der Waals surface area contributed by atoms with Crippen molar-refractivity contribution in [3.63, 3.8) is 0 Å². The van der Waals surface area contributed by atoms with Crippen LogP contribution < -0.4 is 0 Å². The maximum Gasteiger partial charge on any atom is 4.00 e. The largest absolute Gasteiger partial charge is 4.00 e. The normalized spacial score (nSPS) is 9.89. The third-order valence-corrected chi connectivity index (χ3v) is 6.21. The molecule has 0 unspecified atom stereocenters. The number of halogens is 1. The molecule has 0 N–H and O–H groups in total. The van der Waals surface area contributed by atoms with Crippen LogP contribution in [0.3, 0.4) is 0 Å². The van der Waals surface area contributed by atoms with Gasteiger partial charge in [-0.05, 0) is 11.1 Å². The van der Waals surface area contributed by atoms with E-state index < -0.39 is 0 Å². The molecule has 0 fully saturated rings. The Hall–Kier alpha value is -2.73. The summed E-state index contributed by atoms with van der Waals surface area (Å²) >= 11 is 0. The van der Waals surface area contributed by atoms with E-state index >= 15 is 0 Å². The topological polar surface area (TPSA) is 0 Å². The van der Waals surface area contributed by atoms with Crippen LogP contribution in [0.15, 0.2) is 121 Å². The first-order valence-corrected chi connectivity index (χ1v) is 12.6. The maximum atomic E-state index is 3.54. The number of unbranched alkanes of at least 4 members (excludes halogenated alkanes) is 1. The Balaban J connectivity index is 0.000000224. The number of hydrogen-bond acceptors (Lipinski definition) is 0. The van der Waals surface area contributed by atoms with Gasteiger partial charge in [0.15, 0.2) is 0 Å². The van der Waals surface area contributed by atoms with Crippen LogP contribution in [0, 0.1) is 27.7 Å². The van der Waals surface area contributed by atoms with Gasteiger partial charge in [-0.15, -0.1) is 81.5 Å². The van der Waals surface area contributed by atoms with Crippen LogP contribution in [-0.4, -0.2) is 0 Å². The van der Waals surface area contributed by atoms with E-state index in [-0.39, 0.29) is 38.6 Å². The van der Waals surface area contributed by atoms with Crippen molar-refractivity contribution in [1.82, 2.24) is 0 Å². The molecule has 0 amide bonds. The van der Waals surface area contributed by atoms with Gasteiger partial charge < -0.3 is 13.8 Å². The fourth-order valence-corrected chi connectivity index (χ4v) is 4.51. The standard InChI is InChI=1S/2C16H13.C4H8.ClH.Zr/c2*1-12-10-14-8-5-9-15(16(14)11-12)13-6-3-2-4-7-13;1-3-4-2;;/h2*2-11H,1H3;1-4H2;1H;/q2*-1;-2;;+4. The van der Waals surface area contributed by atoms with Crippen molar-refractivity contribution in [1.29, 1.82) is 0 Å². The van der Waals surface area contributed by atoms with Gasteiger partial charge in [-0.1, -0.05) is 97.8 Å². The number of rotatable bonds is 3. The van der Waals surface area contributed by atoms with Crippen molar-refractivity contribution in [2.24, 2.45) is 0 Å². The first-order chi connectivity index (χ1) is 17.6. The Labute approximate surface area is 254 Å². The van der Waals surface area contributed by atoms with Gasteiger partial charge in [0.25, 0.3) is 0 Å². The van der Waals surface area contributed by atoms with Crippen molar-refractivity contribution in [2.45, 2.75) is 26.7 Å². The van der Waals surface area contributed by atoms with E-state index in [0.29, 0.717) is 0 Å². The van der Waals surface area contributed by atoms with Gasteiger partial charge in [0.05, 0.1) is 0 Å². The minimum atomic E-state index is 0. The molecule has 6 rings (SSSR count). The summed E-state index contributed by atoms with van der Waals surface area (Å²) in [5, 5.41) is 5.37. The monoisotopic (exact) mass is 592 g/mol. The van der Waals surface area contributed by atoms with Crippen LogP contribution in [0.25, 0.3) is 43.8 Å². The van der Waals surface area contributed by atoms with Crippen molar-refractivity contribution < 1.29 is 26.2 Å². The fraction of sp³-hybridized carbons (Fsp3) is 0.111. The van der Waals surface area contributed by atoms with Gasteiger partial charge in [-0.25, -0.2) is 12.8 Å². The first kappa shape index (κ1) is 31.5. The van der Waals surface area contributed by atoms with E-state index in [9.17, 15) is 0 Å². The van der Waals surface area contributed by atoms with Gasteiger partial charge in [0.2, 0.25) is 0 Å². The predicted molar refractivity (Wildman–Crippen MR) is 167 cm³/mol. The quantitative estimate of drug-likeness (QED) is 0.179. The molecular weight excluding hydrogens is 559 g/mol. The van der Waals surface area contributed by atoms with E-state index in [1.807, 2.05) is 0 Å². The zero-order chi connectivity index (χ0) is 25.3. The fourth-order valence-electron chi connectivity index (χ4n) is 4.51. The van der Waals surface area contributed by atoms with E-state index in [1.54, 1.807) is 0 Å². The third kappa shape index (κ3) is 7.89. The van der Waals surface area contributed by atoms with Gasteiger partial charge in [-0.2, -0.15) is 12.1 Å². The zero-order valence-corrected chi connectivity index (χ0v) is 25.6. The molecule has 0 atom stereocenters. The average Bonchev–Trinajstić information content (AvgIpc) is 3.50. The Morgan fingerprint density at radius 1 is 0.526 bits per heavy atom. The Kier molecular flexibility index (Phi) is 13.0. The second-order valence-corrected chi connectivity index (χ2v) is 9.12. The maximum absolute atomic E-state index is 3.54. The number of fused-ring (bicyclic) bond motifs is 2. The van der Waals surface area contributed by atoms with Crippen LogP contribution in [0.1, 0.15) is 24.0 Å². The third-order valence-electron chi connectivity index (χ3n) is 6.21. The SMILES string of the molecule is Cc1cc2c(-c3ccccc3)cccc2[cH-]1.Cc1cc2c(-c3ccccc3)cccc2[cH-]1.Cl.[CH2-]CC[CH2-].[Zr+4]. The number of aryl methyl sites for hydroxylation is 2. The zero-order valence-electron chi connectivity index (χ0n) is 22.3. The molecule has 0 bridgehead atoms. The first-order valence-electron chi connectivity index (χ1n) is 12.6. The Bertz CT molecular complexity index is 1390. The van der Waals surface area contributed by atoms with Crippen LogP contribution in [-0.2, 0) is 26.2 Å². The van der Waals surface area contributed by atoms with Crippen LogP contribution >= 0.6 is 12.4 Å². The van der Waals surface area contributed by atoms with Crippen LogP contribution in [0.5, 0.6) is 0 Å². The molecule has 0 aliphatic heterocycles. The number of hydrogen-bond donors (Lipinski definition) is 0. The summed E-state index contributed by atoms with van der Waals surface area (Å²) in [5.74, 6) is 0. The molecule has 6 aromatic carbocycles. The van der Waals surface area contributed by atoms with Crippen molar-refractivity contribution >= 4 is 34.0 Å². The molecule has 0 heterocycles. The molecule has 0 aromatic heterocycles. The summed E-state index contributed by atoms with van der Waals surface area (Å²) in [6, 6.07) is 43.1. The van der Waals surface area contributed by atoms with Gasteiger partial charge >= 0.3 is 26.2 Å². The summed E-state index contributed by atoms with van der Waals surface area (Å²) in [4.78, 5) is 0. The average molecular weight is 594 g/mol. The van der Waals surface area contributed by atoms with E-state index in [0.717, 1.165) is 12.8 Å². The molecular formula is C36H35ClZr. The van der Waals surface area contributed by atoms with E-state index in [1.165, 1.54) is 54.9 Å². The molecule has 0 radical (unpaired) electrons. The Morgan fingerprint density at radius 2 is 0.895 bits per heavy atom. The minimum absolute atomic E-state index is 0. The molecule has 0 aliphatic carbocycles. The summed E-state index contributed by atoms with van der Waals surface area (Å²) in [5.41, 5.74) is 7.89. The van der Waals surface area contributed by atoms with Gasteiger partial charge in [-0.3, -0.25) is 0 Å². The molecule has 0 spiro atoms. The summed E-state index contributed by atoms with van der Waals surface area (Å²) in [6.45, 7) is 11.4. The second kappa shape index (κ2) is 15.6. The smallest absolute Gasteiger partial charge is 0.346 e. The molecule has 0 saturated heterocycles. The van der Waals surface area contributed by atoms with Crippen LogP contribution in [0.2, 0.25) is 0 Å². The van der Waals surface area contributed by atoms with Crippen molar-refractivity contribution in [2.75, 3.05) is 0 Å². The van der Waals surface area contributed by atoms with Gasteiger partial charge in [0.1, 0.15) is 0 Å². The molecule has 0 saturated carbocycles. The van der Waals surface area contributed by atoms with Gasteiger partial charge in [0, 0.05) is 0 Å². The molecule has 38 heavy (non-hydrogen) atoms. The Morgan fingerprint density at radius 3 is 1.24 bits per heavy atom. The number of benzene rings is 4. The van der Waals surface area contributed by atoms with Crippen molar-refractivity contribution in [3.8, 4) is 22.3 Å². The summed E-state index contributed by atoms with van der Waals surface area (Å²) in [6.07, 6.45) is 1.92. The minimum Gasteiger partial charge on any atom is -0.346 e. The molecule has 0 nitrogen and oxygen atoms in total. The predicted octanol–water partition coefficient (Wildman–Crippen LogP) is 10.9. The molecule has 0 aliphatic rings. The molecule has 190 valence electrons. The summed E-state index contributed by atoms with van der Waals surface area (Å²) in [7, 11) is 0. The van der Waals surface area contributed by atoms with Crippen molar-refractivity contribution in [3.05, 3.63) is 146 Å². The molecule has 6 aromatic rings. The van der Waals surface area contributed by atoms with Crippen LogP contribution in [0.4, 0.5) is 0 Å². The van der Waals surface area contributed by atoms with E-state index in [2.05, 4.69) is 149 Å². The molecule has 2 heteroatoms. The van der Waals surface area contributed by atoms with E-state index in [4.69, 9.17) is 0 Å². The second-order valence-electron chi connectivity index (χ2n) is 9.12.